The largest absolute Gasteiger partial charge is 0.253 e. The molecule has 0 fully saturated rings. The average molecular weight is 654 g/mol. The Morgan fingerprint density at radius 3 is 1.76 bits per heavy atom. The van der Waals surface area contributed by atoms with Crippen molar-refractivity contribution in [3.05, 3.63) is 176 Å². The smallest absolute Gasteiger partial charge is 0.179 e. The molecule has 5 heteroatoms. The molecule has 9 aromatic rings. The summed E-state index contributed by atoms with van der Waals surface area (Å²) >= 11 is 0. The maximum Gasteiger partial charge on any atom is 0.179 e. The van der Waals surface area contributed by atoms with E-state index in [1.165, 1.54) is 11.1 Å². The van der Waals surface area contributed by atoms with Gasteiger partial charge in [0.2, 0.25) is 0 Å². The van der Waals surface area contributed by atoms with Gasteiger partial charge in [0.05, 0.1) is 28.1 Å². The molecule has 0 saturated carbocycles. The van der Waals surface area contributed by atoms with Gasteiger partial charge in [0.25, 0.3) is 0 Å². The number of hydrogen-bond acceptors (Lipinski definition) is 5. The van der Waals surface area contributed by atoms with Gasteiger partial charge in [-0.05, 0) is 65.6 Å². The summed E-state index contributed by atoms with van der Waals surface area (Å²) in [5, 5.41) is 2.17. The van der Waals surface area contributed by atoms with Crippen molar-refractivity contribution in [1.29, 1.82) is 0 Å². The van der Waals surface area contributed by atoms with Crippen molar-refractivity contribution in [3.63, 3.8) is 0 Å². The summed E-state index contributed by atoms with van der Waals surface area (Å²) in [4.78, 5) is 24.6. The first-order chi connectivity index (χ1) is 25.2. The second-order valence-electron chi connectivity index (χ2n) is 12.6. The zero-order valence-electron chi connectivity index (χ0n) is 27.9. The van der Waals surface area contributed by atoms with Crippen LogP contribution in [0.5, 0.6) is 0 Å². The fraction of sp³-hybridized carbons (Fsp3) is 0.0217. The van der Waals surface area contributed by atoms with Crippen LogP contribution in [0.1, 0.15) is 5.69 Å². The summed E-state index contributed by atoms with van der Waals surface area (Å²) in [6.07, 6.45) is 1.77. The Morgan fingerprint density at radius 1 is 0.373 bits per heavy atom. The van der Waals surface area contributed by atoms with E-state index in [-0.39, 0.29) is 0 Å². The number of nitrogens with zero attached hydrogens (tertiary/aromatic N) is 5. The maximum atomic E-state index is 5.22. The van der Waals surface area contributed by atoms with E-state index >= 15 is 0 Å². The second-order valence-corrected chi connectivity index (χ2v) is 12.6. The lowest BCUT2D eigenvalue weighted by Gasteiger charge is -2.12. The minimum Gasteiger partial charge on any atom is -0.253 e. The van der Waals surface area contributed by atoms with Crippen LogP contribution in [0.2, 0.25) is 0 Å². The highest BCUT2D eigenvalue weighted by Gasteiger charge is 2.14. The van der Waals surface area contributed by atoms with E-state index in [0.29, 0.717) is 5.82 Å². The quantitative estimate of drug-likeness (QED) is 0.167. The molecule has 4 aromatic heterocycles. The molecule has 51 heavy (non-hydrogen) atoms. The van der Waals surface area contributed by atoms with E-state index < -0.39 is 0 Å². The zero-order valence-corrected chi connectivity index (χ0v) is 27.9. The van der Waals surface area contributed by atoms with Gasteiger partial charge in [-0.3, -0.25) is 9.97 Å². The SMILES string of the molecule is Cc1cc(-c2ccccc2)c2ccc3ccc(-c4cccc(-c5ccc(-c6cc(-c7ccccc7)nc(-c7ccccn7)n6)cc5)c4)nc3c2n1. The van der Waals surface area contributed by atoms with Crippen molar-refractivity contribution in [2.75, 3.05) is 0 Å². The Morgan fingerprint density at radius 2 is 1.02 bits per heavy atom. The Labute approximate surface area is 296 Å². The molecule has 0 unspecified atom stereocenters. The highest BCUT2D eigenvalue weighted by Crippen LogP contribution is 2.35. The Kier molecular flexibility index (Phi) is 7.63. The molecule has 0 N–H and O–H groups in total. The molecule has 0 aliphatic heterocycles. The second kappa shape index (κ2) is 12.9. The van der Waals surface area contributed by atoms with E-state index in [1.54, 1.807) is 6.20 Å². The lowest BCUT2D eigenvalue weighted by Crippen LogP contribution is -1.97. The Hall–Kier alpha value is -6.85. The van der Waals surface area contributed by atoms with Crippen LogP contribution >= 0.6 is 0 Å². The van der Waals surface area contributed by atoms with E-state index in [2.05, 4.69) is 127 Å². The van der Waals surface area contributed by atoms with Gasteiger partial charge in [0.15, 0.2) is 5.82 Å². The first-order valence-electron chi connectivity index (χ1n) is 17.0. The van der Waals surface area contributed by atoms with E-state index in [9.17, 15) is 0 Å². The predicted octanol–water partition coefficient (Wildman–Crippen LogP) is 11.3. The summed E-state index contributed by atoms with van der Waals surface area (Å²) in [5.74, 6) is 0.598. The summed E-state index contributed by atoms with van der Waals surface area (Å²) in [7, 11) is 0. The molecule has 0 bridgehead atoms. The van der Waals surface area contributed by atoms with Crippen molar-refractivity contribution in [2.45, 2.75) is 6.92 Å². The number of fused-ring (bicyclic) bond motifs is 3. The highest BCUT2D eigenvalue weighted by molar-refractivity contribution is 6.08. The molecule has 0 radical (unpaired) electrons. The molecule has 0 saturated heterocycles. The van der Waals surface area contributed by atoms with Crippen LogP contribution in [-0.2, 0) is 0 Å². The number of rotatable bonds is 6. The summed E-state index contributed by atoms with van der Waals surface area (Å²) < 4.78 is 0. The molecule has 9 rings (SSSR count). The molecule has 240 valence electrons. The lowest BCUT2D eigenvalue weighted by molar-refractivity contribution is 1.15. The van der Waals surface area contributed by atoms with Crippen molar-refractivity contribution in [1.82, 2.24) is 24.9 Å². The topological polar surface area (TPSA) is 64.5 Å². The van der Waals surface area contributed by atoms with Crippen LogP contribution in [0, 0.1) is 6.92 Å². The molecule has 5 nitrogen and oxygen atoms in total. The van der Waals surface area contributed by atoms with Gasteiger partial charge in [-0.2, -0.15) is 0 Å². The minimum absolute atomic E-state index is 0.598. The predicted molar refractivity (Wildman–Crippen MR) is 208 cm³/mol. The van der Waals surface area contributed by atoms with Crippen molar-refractivity contribution < 1.29 is 0 Å². The van der Waals surface area contributed by atoms with Crippen molar-refractivity contribution in [2.24, 2.45) is 0 Å². The average Bonchev–Trinajstić information content (AvgIpc) is 3.21. The molecule has 0 aliphatic carbocycles. The van der Waals surface area contributed by atoms with Gasteiger partial charge in [0, 0.05) is 39.4 Å². The summed E-state index contributed by atoms with van der Waals surface area (Å²) in [6, 6.07) is 56.4. The first kappa shape index (κ1) is 30.2. The first-order valence-corrected chi connectivity index (χ1v) is 17.0. The fourth-order valence-corrected chi connectivity index (χ4v) is 6.67. The minimum atomic E-state index is 0.598. The number of aryl methyl sites for hydroxylation is 1. The fourth-order valence-electron chi connectivity index (χ4n) is 6.67. The van der Waals surface area contributed by atoms with Gasteiger partial charge >= 0.3 is 0 Å². The summed E-state index contributed by atoms with van der Waals surface area (Å²) in [6.45, 7) is 2.05. The molecule has 0 aliphatic rings. The molecular weight excluding hydrogens is 623 g/mol. The Bertz CT molecular complexity index is 2620. The van der Waals surface area contributed by atoms with Crippen molar-refractivity contribution in [3.8, 4) is 67.5 Å². The van der Waals surface area contributed by atoms with Gasteiger partial charge in [-0.1, -0.05) is 127 Å². The number of pyridine rings is 3. The van der Waals surface area contributed by atoms with Crippen LogP contribution in [0.3, 0.4) is 0 Å². The van der Waals surface area contributed by atoms with Crippen LogP contribution in [0.15, 0.2) is 170 Å². The standard InChI is InChI=1S/C46H31N5/c1-30-27-39(32-11-4-2-5-12-32)38-24-22-35-23-25-40(49-44(35)45(38)48-30)37-16-10-15-36(28-37)31-18-20-34(21-19-31)43-29-42(33-13-6-3-7-14-33)50-46(51-43)41-17-8-9-26-47-41/h2-29H,1H3. The van der Waals surface area contributed by atoms with Crippen LogP contribution < -0.4 is 0 Å². The maximum absolute atomic E-state index is 5.22. The Balaban J connectivity index is 1.07. The molecule has 4 heterocycles. The molecule has 5 aromatic carbocycles. The van der Waals surface area contributed by atoms with E-state index in [4.69, 9.17) is 19.9 Å². The third kappa shape index (κ3) is 5.91. The van der Waals surface area contributed by atoms with E-state index in [1.807, 2.05) is 48.5 Å². The van der Waals surface area contributed by atoms with Gasteiger partial charge in [0.1, 0.15) is 5.69 Å². The third-order valence-electron chi connectivity index (χ3n) is 9.21. The number of benzene rings is 5. The zero-order chi connectivity index (χ0) is 34.1. The lowest BCUT2D eigenvalue weighted by atomic mass is 9.97. The van der Waals surface area contributed by atoms with Crippen LogP contribution in [0.4, 0.5) is 0 Å². The van der Waals surface area contributed by atoms with Gasteiger partial charge in [-0.15, -0.1) is 0 Å². The highest BCUT2D eigenvalue weighted by atomic mass is 14.9. The molecule has 0 spiro atoms. The third-order valence-corrected chi connectivity index (χ3v) is 9.21. The van der Waals surface area contributed by atoms with Gasteiger partial charge in [-0.25, -0.2) is 15.0 Å². The molecule has 0 atom stereocenters. The molecule has 0 amide bonds. The number of hydrogen-bond donors (Lipinski definition) is 0. The number of aromatic nitrogens is 5. The normalized spacial score (nSPS) is 11.2. The van der Waals surface area contributed by atoms with Crippen LogP contribution in [-0.4, -0.2) is 24.9 Å². The van der Waals surface area contributed by atoms with E-state index in [0.717, 1.165) is 78.1 Å². The van der Waals surface area contributed by atoms with Crippen LogP contribution in [0.25, 0.3) is 89.4 Å². The van der Waals surface area contributed by atoms with Gasteiger partial charge < -0.3 is 0 Å². The molecular formula is C46H31N5. The van der Waals surface area contributed by atoms with Crippen molar-refractivity contribution >= 4 is 21.8 Å². The summed E-state index contributed by atoms with van der Waals surface area (Å²) in [5.41, 5.74) is 13.8. The monoisotopic (exact) mass is 653 g/mol.